The van der Waals surface area contributed by atoms with Gasteiger partial charge in [-0.05, 0) is 30.5 Å². The van der Waals surface area contributed by atoms with Crippen molar-refractivity contribution in [2.24, 2.45) is 5.92 Å². The summed E-state index contributed by atoms with van der Waals surface area (Å²) in [7, 11) is 0. The quantitative estimate of drug-likeness (QED) is 0.596. The lowest BCUT2D eigenvalue weighted by Crippen LogP contribution is -2.29. The van der Waals surface area contributed by atoms with E-state index in [2.05, 4.69) is 20.4 Å². The van der Waals surface area contributed by atoms with Crippen molar-refractivity contribution < 1.29 is 23.1 Å². The third-order valence-electron chi connectivity index (χ3n) is 5.36. The van der Waals surface area contributed by atoms with Crippen LogP contribution in [0.4, 0.5) is 19.0 Å². The average molecular weight is 452 g/mol. The second-order valence-electron chi connectivity index (χ2n) is 7.10. The fraction of sp³-hybridized carbons (Fsp3) is 0.300. The number of nitrogens with zero attached hydrogens (tertiary/aromatic N) is 4. The van der Waals surface area contributed by atoms with Crippen LogP contribution in [0.5, 0.6) is 0 Å². The number of rotatable bonds is 6. The molecule has 1 aliphatic heterocycles. The first-order valence-electron chi connectivity index (χ1n) is 9.43. The number of aliphatic hydroxyl groups is 1. The molecule has 0 aliphatic carbocycles. The highest BCUT2D eigenvalue weighted by Gasteiger charge is 2.36. The van der Waals surface area contributed by atoms with Gasteiger partial charge in [-0.15, -0.1) is 0 Å². The Labute approximate surface area is 179 Å². The van der Waals surface area contributed by atoms with E-state index in [1.54, 1.807) is 6.07 Å². The van der Waals surface area contributed by atoms with E-state index in [0.29, 0.717) is 23.2 Å². The van der Waals surface area contributed by atoms with E-state index >= 15 is 0 Å². The number of hydrogen-bond donors (Lipinski definition) is 2. The van der Waals surface area contributed by atoms with E-state index in [1.165, 1.54) is 29.4 Å². The molecular formula is C20H17ClF3N5O2. The lowest BCUT2D eigenvalue weighted by molar-refractivity contribution is -0.120. The van der Waals surface area contributed by atoms with Crippen LogP contribution >= 0.6 is 11.6 Å². The van der Waals surface area contributed by atoms with E-state index in [0.717, 1.165) is 0 Å². The number of amides is 1. The average Bonchev–Trinajstić information content (AvgIpc) is 3.34. The van der Waals surface area contributed by atoms with Crippen molar-refractivity contribution in [1.82, 2.24) is 20.4 Å². The van der Waals surface area contributed by atoms with Crippen LogP contribution in [0, 0.1) is 11.7 Å². The normalized spacial score (nSPS) is 16.5. The monoisotopic (exact) mass is 451 g/mol. The fourth-order valence-corrected chi connectivity index (χ4v) is 4.00. The number of H-pyrrole nitrogens is 1. The van der Waals surface area contributed by atoms with Crippen LogP contribution in [0.25, 0.3) is 11.3 Å². The summed E-state index contributed by atoms with van der Waals surface area (Å²) in [6.07, 6.45) is 0.245. The summed E-state index contributed by atoms with van der Waals surface area (Å²) >= 11 is 5.64. The fourth-order valence-electron chi connectivity index (χ4n) is 3.83. The van der Waals surface area contributed by atoms with Crippen LogP contribution in [-0.4, -0.2) is 38.0 Å². The molecule has 7 nitrogen and oxygen atoms in total. The molecule has 0 saturated carbocycles. The summed E-state index contributed by atoms with van der Waals surface area (Å²) in [6, 6.07) is 4.21. The van der Waals surface area contributed by atoms with Gasteiger partial charge in [0.1, 0.15) is 0 Å². The molecule has 3 heterocycles. The number of hydrogen-bond acceptors (Lipinski definition) is 5. The van der Waals surface area contributed by atoms with E-state index in [9.17, 15) is 23.1 Å². The third kappa shape index (κ3) is 3.88. The number of carbonyl (C=O) groups excluding carboxylic acids is 1. The zero-order chi connectivity index (χ0) is 22.1. The van der Waals surface area contributed by atoms with Crippen molar-refractivity contribution in [3.05, 3.63) is 58.1 Å². The van der Waals surface area contributed by atoms with Gasteiger partial charge in [-0.1, -0.05) is 17.7 Å². The first kappa shape index (κ1) is 21.3. The minimum Gasteiger partial charge on any atom is -0.391 e. The zero-order valence-electron chi connectivity index (χ0n) is 16.0. The van der Waals surface area contributed by atoms with Gasteiger partial charge in [0.15, 0.2) is 11.6 Å². The Hall–Kier alpha value is -2.98. The number of alkyl halides is 2. The summed E-state index contributed by atoms with van der Waals surface area (Å²) in [5.41, 5.74) is 0.822. The predicted octanol–water partition coefficient (Wildman–Crippen LogP) is 3.68. The predicted molar refractivity (Wildman–Crippen MR) is 106 cm³/mol. The Bertz CT molecular complexity index is 1110. The summed E-state index contributed by atoms with van der Waals surface area (Å²) < 4.78 is 40.9. The number of aliphatic hydroxyl groups excluding tert-OH is 1. The molecule has 3 aromatic rings. The zero-order valence-corrected chi connectivity index (χ0v) is 16.8. The molecule has 2 aromatic heterocycles. The second kappa shape index (κ2) is 8.64. The van der Waals surface area contributed by atoms with E-state index < -0.39 is 23.7 Å². The van der Waals surface area contributed by atoms with Crippen molar-refractivity contribution >= 4 is 23.3 Å². The van der Waals surface area contributed by atoms with Gasteiger partial charge >= 0.3 is 0 Å². The number of carbonyl (C=O) groups is 1. The highest BCUT2D eigenvalue weighted by molar-refractivity contribution is 6.30. The van der Waals surface area contributed by atoms with Crippen molar-refractivity contribution in [3.8, 4) is 11.3 Å². The molecule has 1 saturated heterocycles. The Morgan fingerprint density at radius 3 is 2.77 bits per heavy atom. The standard InChI is InChI=1S/C20H17ClF3N5O2/c21-14-2-1-10(15(16(14)22)18(23)24)7-11-4-6-29(20(11)31)19-13(9-30)17(27-28-19)12-3-5-25-26-8-12/h1-3,5,8,11,18,30H,4,6-7,9H2,(H,27,28). The summed E-state index contributed by atoms with van der Waals surface area (Å²) in [6.45, 7) is -0.0919. The van der Waals surface area contributed by atoms with E-state index in [1.807, 2.05) is 0 Å². The molecule has 1 aromatic carbocycles. The molecule has 1 fully saturated rings. The third-order valence-corrected chi connectivity index (χ3v) is 5.65. The van der Waals surface area contributed by atoms with Crippen molar-refractivity contribution in [1.29, 1.82) is 0 Å². The number of aromatic nitrogens is 4. The Kier molecular flexibility index (Phi) is 5.92. The van der Waals surface area contributed by atoms with Gasteiger partial charge < -0.3 is 5.11 Å². The molecule has 162 valence electrons. The first-order chi connectivity index (χ1) is 14.9. The minimum atomic E-state index is -3.05. The van der Waals surface area contributed by atoms with Crippen molar-refractivity contribution in [2.75, 3.05) is 11.4 Å². The minimum absolute atomic E-state index is 0.0464. The molecule has 0 radical (unpaired) electrons. The highest BCUT2D eigenvalue weighted by Crippen LogP contribution is 2.36. The molecule has 0 bridgehead atoms. The number of nitrogens with one attached hydrogen (secondary N) is 1. The van der Waals surface area contributed by atoms with Gasteiger partial charge in [0.05, 0.1) is 35.3 Å². The maximum absolute atomic E-state index is 14.1. The summed E-state index contributed by atoms with van der Waals surface area (Å²) in [5, 5.41) is 24.0. The van der Waals surface area contributed by atoms with Gasteiger partial charge in [-0.25, -0.2) is 13.2 Å². The Morgan fingerprint density at radius 1 is 1.29 bits per heavy atom. The Morgan fingerprint density at radius 2 is 2.10 bits per heavy atom. The smallest absolute Gasteiger partial charge is 0.266 e. The van der Waals surface area contributed by atoms with Gasteiger partial charge in [-0.3, -0.25) is 14.8 Å². The van der Waals surface area contributed by atoms with Crippen LogP contribution in [0.15, 0.2) is 30.6 Å². The molecule has 0 spiro atoms. The maximum Gasteiger partial charge on any atom is 0.266 e. The van der Waals surface area contributed by atoms with Crippen molar-refractivity contribution in [2.45, 2.75) is 25.9 Å². The number of benzene rings is 1. The maximum atomic E-state index is 14.1. The van der Waals surface area contributed by atoms with Crippen molar-refractivity contribution in [3.63, 3.8) is 0 Å². The van der Waals surface area contributed by atoms with Crippen LogP contribution in [-0.2, 0) is 17.8 Å². The molecule has 1 amide bonds. The first-order valence-corrected chi connectivity index (χ1v) is 9.81. The van der Waals surface area contributed by atoms with Crippen LogP contribution in [0.2, 0.25) is 5.02 Å². The topological polar surface area (TPSA) is 95.0 Å². The van der Waals surface area contributed by atoms with E-state index in [-0.39, 0.29) is 41.9 Å². The molecule has 1 atom stereocenters. The summed E-state index contributed by atoms with van der Waals surface area (Å²) in [4.78, 5) is 14.4. The molecule has 1 aliphatic rings. The molecule has 31 heavy (non-hydrogen) atoms. The second-order valence-corrected chi connectivity index (χ2v) is 7.51. The Balaban J connectivity index is 1.60. The SMILES string of the molecule is O=C1C(Cc2ccc(Cl)c(F)c2C(F)F)CCN1c1n[nH]c(-c2ccnnc2)c1CO. The van der Waals surface area contributed by atoms with Crippen LogP contribution in [0.1, 0.15) is 29.5 Å². The van der Waals surface area contributed by atoms with Crippen LogP contribution < -0.4 is 4.90 Å². The number of aromatic amines is 1. The van der Waals surface area contributed by atoms with E-state index in [4.69, 9.17) is 11.6 Å². The number of anilines is 1. The molecule has 11 heteroatoms. The van der Waals surface area contributed by atoms with Gasteiger partial charge in [0, 0.05) is 23.6 Å². The van der Waals surface area contributed by atoms with Gasteiger partial charge in [0.2, 0.25) is 5.91 Å². The largest absolute Gasteiger partial charge is 0.391 e. The molecular weight excluding hydrogens is 435 g/mol. The van der Waals surface area contributed by atoms with Crippen LogP contribution in [0.3, 0.4) is 0 Å². The highest BCUT2D eigenvalue weighted by atomic mass is 35.5. The summed E-state index contributed by atoms with van der Waals surface area (Å²) in [5.74, 6) is -1.87. The lowest BCUT2D eigenvalue weighted by atomic mass is 9.94. The number of halogens is 4. The molecule has 2 N–H and O–H groups in total. The van der Waals surface area contributed by atoms with Gasteiger partial charge in [-0.2, -0.15) is 15.3 Å². The molecule has 1 unspecified atom stereocenters. The lowest BCUT2D eigenvalue weighted by Gasteiger charge is -2.17. The molecule has 4 rings (SSSR count). The van der Waals surface area contributed by atoms with Gasteiger partial charge in [0.25, 0.3) is 6.43 Å².